The smallest absolute Gasteiger partial charge is 0.341 e. The van der Waals surface area contributed by atoms with E-state index in [2.05, 4.69) is 5.32 Å². The third kappa shape index (κ3) is 4.93. The van der Waals surface area contributed by atoms with Crippen molar-refractivity contribution in [1.29, 1.82) is 0 Å². The Balaban J connectivity index is 1.92. The fourth-order valence-corrected chi connectivity index (χ4v) is 3.32. The van der Waals surface area contributed by atoms with Crippen LogP contribution in [-0.4, -0.2) is 53.0 Å². The van der Waals surface area contributed by atoms with Crippen molar-refractivity contribution >= 4 is 23.3 Å². The summed E-state index contributed by atoms with van der Waals surface area (Å²) >= 11 is 0. The van der Waals surface area contributed by atoms with Gasteiger partial charge in [-0.2, -0.15) is 0 Å². The zero-order valence-corrected chi connectivity index (χ0v) is 16.3. The Labute approximate surface area is 173 Å². The third-order valence-electron chi connectivity index (χ3n) is 4.83. The molecule has 9 nitrogen and oxygen atoms in total. The molecule has 0 aromatic heterocycles. The number of carbonyl (C=O) groups excluding carboxylic acids is 2. The molecule has 0 unspecified atom stereocenters. The van der Waals surface area contributed by atoms with Gasteiger partial charge in [-0.25, -0.2) is 4.79 Å². The van der Waals surface area contributed by atoms with Crippen molar-refractivity contribution in [3.63, 3.8) is 0 Å². The summed E-state index contributed by atoms with van der Waals surface area (Å²) in [4.78, 5) is 38.2. The lowest BCUT2D eigenvalue weighted by molar-refractivity contribution is -0.384. The van der Waals surface area contributed by atoms with Gasteiger partial charge < -0.3 is 20.1 Å². The second kappa shape index (κ2) is 9.84. The highest BCUT2D eigenvalue weighted by molar-refractivity contribution is 5.98. The minimum absolute atomic E-state index is 0.0761. The number of carbonyl (C=O) groups is 2. The zero-order valence-electron chi connectivity index (χ0n) is 16.3. The first-order valence-corrected chi connectivity index (χ1v) is 9.69. The summed E-state index contributed by atoms with van der Waals surface area (Å²) < 4.78 is 5.60. The Morgan fingerprint density at radius 1 is 1.17 bits per heavy atom. The van der Waals surface area contributed by atoms with E-state index in [-0.39, 0.29) is 36.0 Å². The molecule has 1 heterocycles. The van der Waals surface area contributed by atoms with Crippen LogP contribution in [0.1, 0.15) is 34.9 Å². The van der Waals surface area contributed by atoms with Gasteiger partial charge in [-0.1, -0.05) is 30.3 Å². The molecule has 158 valence electrons. The summed E-state index contributed by atoms with van der Waals surface area (Å²) in [5.41, 5.74) is 0.449. The van der Waals surface area contributed by atoms with E-state index in [1.54, 1.807) is 35.2 Å². The molecule has 1 saturated heterocycles. The molecule has 2 aromatic carbocycles. The molecule has 3 rings (SSSR count). The van der Waals surface area contributed by atoms with E-state index in [0.717, 1.165) is 18.9 Å². The molecule has 1 aliphatic heterocycles. The monoisotopic (exact) mass is 413 g/mol. The molecule has 1 amide bonds. The second-order valence-corrected chi connectivity index (χ2v) is 6.87. The van der Waals surface area contributed by atoms with E-state index in [9.17, 15) is 19.7 Å². The first-order valence-electron chi connectivity index (χ1n) is 9.69. The summed E-state index contributed by atoms with van der Waals surface area (Å²) in [5, 5.41) is 23.0. The van der Waals surface area contributed by atoms with Gasteiger partial charge in [-0.05, 0) is 18.9 Å². The van der Waals surface area contributed by atoms with Crippen molar-refractivity contribution < 1.29 is 24.4 Å². The van der Waals surface area contributed by atoms with Crippen LogP contribution in [0.25, 0.3) is 0 Å². The van der Waals surface area contributed by atoms with E-state index in [4.69, 9.17) is 9.84 Å². The van der Waals surface area contributed by atoms with Gasteiger partial charge in [0.2, 0.25) is 6.10 Å². The summed E-state index contributed by atoms with van der Waals surface area (Å²) in [5.74, 6) is -1.18. The number of aliphatic hydroxyl groups is 1. The van der Waals surface area contributed by atoms with E-state index < -0.39 is 17.0 Å². The number of amides is 1. The predicted molar refractivity (Wildman–Crippen MR) is 109 cm³/mol. The topological polar surface area (TPSA) is 122 Å². The molecule has 1 aliphatic rings. The number of hydrogen-bond acceptors (Lipinski definition) is 7. The standard InChI is InChI=1S/C21H23N3O6/c25-13-10-22-18-9-8-16(24(28)29)14-17(18)21(27)30-19(15-6-2-1-3-7-15)20(26)23-11-4-5-12-23/h1-3,6-9,14,19,22,25H,4-5,10-13H2/t19-/m0/s1. The number of benzene rings is 2. The molecule has 2 aromatic rings. The molecule has 0 bridgehead atoms. The van der Waals surface area contributed by atoms with Crippen molar-refractivity contribution in [1.82, 2.24) is 4.90 Å². The molecule has 0 aliphatic carbocycles. The van der Waals surface area contributed by atoms with Crippen LogP contribution in [0.2, 0.25) is 0 Å². The quantitative estimate of drug-likeness (QED) is 0.387. The first kappa shape index (κ1) is 21.3. The van der Waals surface area contributed by atoms with E-state index in [1.165, 1.54) is 12.1 Å². The van der Waals surface area contributed by atoms with Gasteiger partial charge in [0, 0.05) is 43.0 Å². The number of rotatable bonds is 8. The fourth-order valence-electron chi connectivity index (χ4n) is 3.32. The molecular weight excluding hydrogens is 390 g/mol. The van der Waals surface area contributed by atoms with Crippen molar-refractivity contribution in [2.45, 2.75) is 18.9 Å². The van der Waals surface area contributed by atoms with Crippen LogP contribution in [0, 0.1) is 10.1 Å². The average molecular weight is 413 g/mol. The van der Waals surface area contributed by atoms with E-state index in [0.29, 0.717) is 18.7 Å². The summed E-state index contributed by atoms with van der Waals surface area (Å²) in [6.07, 6.45) is 0.629. The first-order chi connectivity index (χ1) is 14.5. The average Bonchev–Trinajstić information content (AvgIpc) is 3.31. The Morgan fingerprint density at radius 2 is 1.87 bits per heavy atom. The number of aliphatic hydroxyl groups excluding tert-OH is 1. The molecule has 1 fully saturated rings. The van der Waals surface area contributed by atoms with E-state index in [1.807, 2.05) is 0 Å². The molecule has 2 N–H and O–H groups in total. The lowest BCUT2D eigenvalue weighted by Gasteiger charge is -2.24. The number of hydrogen-bond donors (Lipinski definition) is 2. The molecule has 0 radical (unpaired) electrons. The minimum atomic E-state index is -1.15. The van der Waals surface area contributed by atoms with E-state index >= 15 is 0 Å². The van der Waals surface area contributed by atoms with Gasteiger partial charge in [0.25, 0.3) is 11.6 Å². The highest BCUT2D eigenvalue weighted by atomic mass is 16.6. The Kier molecular flexibility index (Phi) is 6.97. The largest absolute Gasteiger partial charge is 0.444 e. The van der Waals surface area contributed by atoms with Crippen LogP contribution >= 0.6 is 0 Å². The molecule has 30 heavy (non-hydrogen) atoms. The lowest BCUT2D eigenvalue weighted by atomic mass is 10.1. The Morgan fingerprint density at radius 3 is 2.50 bits per heavy atom. The normalized spacial score (nSPS) is 14.2. The van der Waals surface area contributed by atoms with Gasteiger partial charge in [0.05, 0.1) is 17.1 Å². The predicted octanol–water partition coefficient (Wildman–Crippen LogP) is 2.52. The summed E-state index contributed by atoms with van der Waals surface area (Å²) in [6.45, 7) is 1.15. The van der Waals surface area contributed by atoms with Crippen LogP contribution in [-0.2, 0) is 9.53 Å². The fraction of sp³-hybridized carbons (Fsp3) is 0.333. The number of nitro groups is 1. The minimum Gasteiger partial charge on any atom is -0.444 e. The maximum Gasteiger partial charge on any atom is 0.341 e. The lowest BCUT2D eigenvalue weighted by Crippen LogP contribution is -2.35. The van der Waals surface area contributed by atoms with Crippen LogP contribution in [0.5, 0.6) is 0 Å². The van der Waals surface area contributed by atoms with Crippen molar-refractivity contribution in [3.8, 4) is 0 Å². The number of nitrogens with zero attached hydrogens (tertiary/aromatic N) is 2. The number of esters is 1. The van der Waals surface area contributed by atoms with Crippen molar-refractivity contribution in [2.75, 3.05) is 31.6 Å². The highest BCUT2D eigenvalue weighted by Gasteiger charge is 2.32. The molecule has 0 saturated carbocycles. The number of likely N-dealkylation sites (tertiary alicyclic amines) is 1. The molecule has 1 atom stereocenters. The maximum absolute atomic E-state index is 13.0. The van der Waals surface area contributed by atoms with Crippen molar-refractivity contribution in [3.05, 3.63) is 69.8 Å². The molecule has 9 heteroatoms. The number of nitrogens with one attached hydrogen (secondary N) is 1. The Bertz CT molecular complexity index is 912. The number of ether oxygens (including phenoxy) is 1. The zero-order chi connectivity index (χ0) is 21.5. The SMILES string of the molecule is O=C(O[C@H](C(=O)N1CCCC1)c1ccccc1)c1cc([N+](=O)[O-])ccc1NCCO. The summed E-state index contributed by atoms with van der Waals surface area (Å²) in [6, 6.07) is 12.4. The van der Waals surface area contributed by atoms with Gasteiger partial charge in [-0.3, -0.25) is 14.9 Å². The maximum atomic E-state index is 13.0. The van der Waals surface area contributed by atoms with Crippen LogP contribution in [0.15, 0.2) is 48.5 Å². The molecular formula is C21H23N3O6. The second-order valence-electron chi connectivity index (χ2n) is 6.87. The number of anilines is 1. The van der Waals surface area contributed by atoms with Gasteiger partial charge in [-0.15, -0.1) is 0 Å². The van der Waals surface area contributed by atoms with Crippen molar-refractivity contribution in [2.24, 2.45) is 0 Å². The number of non-ortho nitro benzene ring substituents is 1. The summed E-state index contributed by atoms with van der Waals surface area (Å²) in [7, 11) is 0. The molecule has 0 spiro atoms. The van der Waals surface area contributed by atoms with Gasteiger partial charge >= 0.3 is 5.97 Å². The Hall–Kier alpha value is -3.46. The highest BCUT2D eigenvalue weighted by Crippen LogP contribution is 2.28. The van der Waals surface area contributed by atoms with Crippen LogP contribution in [0.4, 0.5) is 11.4 Å². The van der Waals surface area contributed by atoms with Crippen LogP contribution in [0.3, 0.4) is 0 Å². The number of nitro benzene ring substituents is 1. The van der Waals surface area contributed by atoms with Gasteiger partial charge in [0.15, 0.2) is 0 Å². The third-order valence-corrected chi connectivity index (χ3v) is 4.83. The van der Waals surface area contributed by atoms with Crippen LogP contribution < -0.4 is 5.32 Å². The van der Waals surface area contributed by atoms with Gasteiger partial charge in [0.1, 0.15) is 0 Å².